The Bertz CT molecular complexity index is 671. The van der Waals surface area contributed by atoms with E-state index in [4.69, 9.17) is 19.5 Å². The molecule has 0 aromatic carbocycles. The van der Waals surface area contributed by atoms with Gasteiger partial charge >= 0.3 is 0 Å². The van der Waals surface area contributed by atoms with Gasteiger partial charge in [0.05, 0.1) is 37.9 Å². The molecule has 4 atom stereocenters. The second-order valence-corrected chi connectivity index (χ2v) is 9.11. The van der Waals surface area contributed by atoms with Gasteiger partial charge in [0, 0.05) is 32.2 Å². The molecule has 2 saturated heterocycles. The zero-order chi connectivity index (χ0) is 19.8. The Morgan fingerprint density at radius 3 is 2.48 bits per heavy atom. The first-order valence-corrected chi connectivity index (χ1v) is 11.5. The Kier molecular flexibility index (Phi) is 5.63. The summed E-state index contributed by atoms with van der Waals surface area (Å²) in [6, 6.07) is 0.528. The minimum Gasteiger partial charge on any atom is -0.379 e. The van der Waals surface area contributed by atoms with E-state index in [9.17, 15) is 0 Å². The van der Waals surface area contributed by atoms with Crippen LogP contribution in [0.1, 0.15) is 39.5 Å². The first kappa shape index (κ1) is 19.5. The fraction of sp³-hybridized carbons (Fsp3) is 0.818. The van der Waals surface area contributed by atoms with Crippen LogP contribution in [-0.4, -0.2) is 96.8 Å². The van der Waals surface area contributed by atoms with Crippen LogP contribution in [0.15, 0.2) is 22.1 Å². The third kappa shape index (κ3) is 3.84. The largest absolute Gasteiger partial charge is 0.379 e. The van der Waals surface area contributed by atoms with E-state index in [0.29, 0.717) is 6.04 Å². The highest BCUT2D eigenvalue weighted by Crippen LogP contribution is 2.34. The van der Waals surface area contributed by atoms with Gasteiger partial charge in [0.25, 0.3) is 0 Å². The molecule has 0 bridgehead atoms. The first-order chi connectivity index (χ1) is 14.2. The van der Waals surface area contributed by atoms with Crippen molar-refractivity contribution in [2.45, 2.75) is 63.9 Å². The highest BCUT2D eigenvalue weighted by atomic mass is 16.5. The number of fused-ring (bicyclic) bond motifs is 1. The minimum atomic E-state index is 0.121. The molecule has 0 amide bonds. The van der Waals surface area contributed by atoms with E-state index >= 15 is 0 Å². The molecular weight excluding hydrogens is 366 g/mol. The SMILES string of the molecule is CC1CN(C2=NC(N3CCOCC3)C3C=CCN=C3N2C2CCCC2)CC(C)O1. The molecule has 4 unspecified atom stereocenters. The summed E-state index contributed by atoms with van der Waals surface area (Å²) in [6.07, 6.45) is 10.2. The molecule has 4 aliphatic heterocycles. The highest BCUT2D eigenvalue weighted by Gasteiger charge is 2.44. The van der Waals surface area contributed by atoms with Gasteiger partial charge in [-0.2, -0.15) is 0 Å². The van der Waals surface area contributed by atoms with Gasteiger partial charge in [-0.1, -0.05) is 25.0 Å². The van der Waals surface area contributed by atoms with E-state index in [1.54, 1.807) is 0 Å². The summed E-state index contributed by atoms with van der Waals surface area (Å²) in [5.41, 5.74) is 0. The predicted molar refractivity (Wildman–Crippen MR) is 114 cm³/mol. The van der Waals surface area contributed by atoms with E-state index in [1.165, 1.54) is 31.5 Å². The third-order valence-electron chi connectivity index (χ3n) is 6.84. The van der Waals surface area contributed by atoms with Gasteiger partial charge in [0.1, 0.15) is 12.0 Å². The van der Waals surface area contributed by atoms with E-state index in [0.717, 1.165) is 51.9 Å². The van der Waals surface area contributed by atoms with Crippen molar-refractivity contribution in [3.8, 4) is 0 Å². The predicted octanol–water partition coefficient (Wildman–Crippen LogP) is 1.95. The molecule has 1 aliphatic carbocycles. The van der Waals surface area contributed by atoms with E-state index < -0.39 is 0 Å². The highest BCUT2D eigenvalue weighted by molar-refractivity contribution is 6.04. The Morgan fingerprint density at radius 2 is 1.76 bits per heavy atom. The van der Waals surface area contributed by atoms with Crippen molar-refractivity contribution in [2.75, 3.05) is 45.9 Å². The third-order valence-corrected chi connectivity index (χ3v) is 6.84. The van der Waals surface area contributed by atoms with Crippen LogP contribution in [0.2, 0.25) is 0 Å². The number of morpholine rings is 2. The Hall–Kier alpha value is -1.44. The summed E-state index contributed by atoms with van der Waals surface area (Å²) < 4.78 is 11.7. The minimum absolute atomic E-state index is 0.121. The second-order valence-electron chi connectivity index (χ2n) is 9.11. The van der Waals surface area contributed by atoms with Gasteiger partial charge < -0.3 is 14.4 Å². The summed E-state index contributed by atoms with van der Waals surface area (Å²) >= 11 is 0. The molecule has 0 N–H and O–H groups in total. The van der Waals surface area contributed by atoms with Gasteiger partial charge in [0.2, 0.25) is 5.96 Å². The van der Waals surface area contributed by atoms with Crippen LogP contribution in [-0.2, 0) is 9.47 Å². The maximum Gasteiger partial charge on any atom is 0.204 e. The zero-order valence-electron chi connectivity index (χ0n) is 17.9. The lowest BCUT2D eigenvalue weighted by Crippen LogP contribution is -2.63. The molecule has 4 heterocycles. The maximum atomic E-state index is 6.03. The number of dihydropyridines is 1. The molecule has 5 aliphatic rings. The van der Waals surface area contributed by atoms with Gasteiger partial charge in [-0.3, -0.25) is 14.8 Å². The molecule has 7 nitrogen and oxygen atoms in total. The van der Waals surface area contributed by atoms with Gasteiger partial charge in [0.15, 0.2) is 0 Å². The number of aliphatic imine (C=N–C) groups is 2. The Labute approximate surface area is 174 Å². The molecule has 0 spiro atoms. The molecule has 29 heavy (non-hydrogen) atoms. The first-order valence-electron chi connectivity index (χ1n) is 11.5. The van der Waals surface area contributed by atoms with Crippen LogP contribution in [0.4, 0.5) is 0 Å². The van der Waals surface area contributed by atoms with Gasteiger partial charge in [-0.25, -0.2) is 4.99 Å². The smallest absolute Gasteiger partial charge is 0.204 e. The van der Waals surface area contributed by atoms with Crippen LogP contribution in [0.3, 0.4) is 0 Å². The Balaban J connectivity index is 1.54. The number of ether oxygens (including phenoxy) is 2. The van der Waals surface area contributed by atoms with Crippen molar-refractivity contribution >= 4 is 11.8 Å². The number of hydrogen-bond acceptors (Lipinski definition) is 7. The number of nitrogens with zero attached hydrogens (tertiary/aromatic N) is 5. The normalized spacial score (nSPS) is 36.8. The van der Waals surface area contributed by atoms with Crippen LogP contribution in [0, 0.1) is 5.92 Å². The van der Waals surface area contributed by atoms with Crippen LogP contribution in [0.25, 0.3) is 0 Å². The van der Waals surface area contributed by atoms with Crippen molar-refractivity contribution in [3.63, 3.8) is 0 Å². The average molecular weight is 402 g/mol. The van der Waals surface area contributed by atoms with E-state index in [-0.39, 0.29) is 24.3 Å². The molecule has 0 aromatic rings. The van der Waals surface area contributed by atoms with Gasteiger partial charge in [-0.05, 0) is 26.7 Å². The zero-order valence-corrected chi connectivity index (χ0v) is 17.9. The molecule has 5 rings (SSSR count). The summed E-state index contributed by atoms with van der Waals surface area (Å²) in [6.45, 7) is 10.4. The number of amidine groups is 1. The average Bonchev–Trinajstić information content (AvgIpc) is 3.27. The molecule has 7 heteroatoms. The number of hydrogen-bond donors (Lipinski definition) is 0. The maximum absolute atomic E-state index is 6.03. The lowest BCUT2D eigenvalue weighted by molar-refractivity contribution is -0.0517. The number of guanidine groups is 1. The fourth-order valence-electron chi connectivity index (χ4n) is 5.62. The van der Waals surface area contributed by atoms with Crippen molar-refractivity contribution in [3.05, 3.63) is 12.2 Å². The van der Waals surface area contributed by atoms with E-state index in [2.05, 4.69) is 40.7 Å². The van der Waals surface area contributed by atoms with Crippen molar-refractivity contribution in [1.82, 2.24) is 14.7 Å². The van der Waals surface area contributed by atoms with Crippen LogP contribution < -0.4 is 0 Å². The van der Waals surface area contributed by atoms with Crippen molar-refractivity contribution in [2.24, 2.45) is 15.9 Å². The summed E-state index contributed by atoms with van der Waals surface area (Å²) in [5.74, 6) is 2.63. The monoisotopic (exact) mass is 401 g/mol. The molecule has 3 fully saturated rings. The number of rotatable bonds is 2. The molecule has 0 aromatic heterocycles. The van der Waals surface area contributed by atoms with Crippen LogP contribution >= 0.6 is 0 Å². The molecule has 1 saturated carbocycles. The second kappa shape index (κ2) is 8.36. The summed E-state index contributed by atoms with van der Waals surface area (Å²) in [4.78, 5) is 18.0. The summed E-state index contributed by atoms with van der Waals surface area (Å²) in [7, 11) is 0. The lowest BCUT2D eigenvalue weighted by Gasteiger charge is -2.49. The fourth-order valence-corrected chi connectivity index (χ4v) is 5.62. The van der Waals surface area contributed by atoms with E-state index in [1.807, 2.05) is 0 Å². The van der Waals surface area contributed by atoms with Gasteiger partial charge in [-0.15, -0.1) is 0 Å². The summed E-state index contributed by atoms with van der Waals surface area (Å²) in [5, 5.41) is 0. The molecule has 0 radical (unpaired) electrons. The molecular formula is C22H35N5O2. The standard InChI is InChI=1S/C22H35N5O2/c1-16-14-26(15-17(2)29-16)22-24-21(25-10-12-28-13-11-25)19-8-5-9-23-20(19)27(22)18-6-3-4-7-18/h5,8,16-19,21H,3-4,6-7,9-15H2,1-2H3. The quantitative estimate of drug-likeness (QED) is 0.662. The lowest BCUT2D eigenvalue weighted by atomic mass is 9.96. The van der Waals surface area contributed by atoms with Crippen molar-refractivity contribution in [1.29, 1.82) is 0 Å². The van der Waals surface area contributed by atoms with Crippen LogP contribution in [0.5, 0.6) is 0 Å². The Morgan fingerprint density at radius 1 is 1.03 bits per heavy atom. The molecule has 160 valence electrons. The van der Waals surface area contributed by atoms with Crippen molar-refractivity contribution < 1.29 is 9.47 Å². The topological polar surface area (TPSA) is 52.9 Å².